The Kier molecular flexibility index (Phi) is 2.58. The normalized spacial score (nSPS) is 18.8. The summed E-state index contributed by atoms with van der Waals surface area (Å²) in [5.41, 5.74) is 1.38. The molecule has 0 bridgehead atoms. The molecule has 1 N–H and O–H groups in total. The Balaban J connectivity index is 2.51. The second kappa shape index (κ2) is 3.67. The molecule has 0 atom stereocenters. The van der Waals surface area contributed by atoms with E-state index in [-0.39, 0.29) is 5.91 Å². The summed E-state index contributed by atoms with van der Waals surface area (Å²) in [5.74, 6) is 0.0982. The lowest BCUT2D eigenvalue weighted by atomic mass is 9.92. The predicted octanol–water partition coefficient (Wildman–Crippen LogP) is 2.75. The number of nitrogens with zero attached hydrogens (tertiary/aromatic N) is 1. The fourth-order valence-electron chi connectivity index (χ4n) is 1.89. The van der Waals surface area contributed by atoms with E-state index in [1.807, 2.05) is 32.0 Å². The molecular weight excluding hydrogens is 224 g/mol. The third-order valence-corrected chi connectivity index (χ3v) is 3.16. The van der Waals surface area contributed by atoms with Crippen molar-refractivity contribution in [3.63, 3.8) is 0 Å². The highest BCUT2D eigenvalue weighted by molar-refractivity contribution is 6.31. The lowest BCUT2D eigenvalue weighted by Gasteiger charge is -2.25. The highest BCUT2D eigenvalue weighted by Crippen LogP contribution is 2.35. The van der Waals surface area contributed by atoms with E-state index in [2.05, 4.69) is 5.32 Å². The van der Waals surface area contributed by atoms with Crippen LogP contribution in [0.2, 0.25) is 5.02 Å². The fraction of sp³-hybridized carbons (Fsp3) is 0.417. The number of amides is 1. The van der Waals surface area contributed by atoms with E-state index in [0.29, 0.717) is 11.6 Å². The van der Waals surface area contributed by atoms with Gasteiger partial charge in [-0.2, -0.15) is 0 Å². The van der Waals surface area contributed by atoms with Gasteiger partial charge in [-0.15, -0.1) is 0 Å². The third kappa shape index (κ3) is 1.76. The third-order valence-electron chi connectivity index (χ3n) is 2.93. The van der Waals surface area contributed by atoms with Crippen molar-refractivity contribution in [1.82, 2.24) is 0 Å². The number of carbonyl (C=O) groups excluding carboxylic acids is 1. The van der Waals surface area contributed by atoms with E-state index in [4.69, 9.17) is 11.6 Å². The molecule has 1 amide bonds. The fourth-order valence-corrected chi connectivity index (χ4v) is 2.05. The Hall–Kier alpha value is -1.22. The van der Waals surface area contributed by atoms with Crippen molar-refractivity contribution < 1.29 is 4.79 Å². The number of benzene rings is 1. The number of halogens is 1. The lowest BCUT2D eigenvalue weighted by Crippen LogP contribution is -2.40. The first-order valence-electron chi connectivity index (χ1n) is 5.23. The van der Waals surface area contributed by atoms with Gasteiger partial charge < -0.3 is 10.2 Å². The molecule has 0 fully saturated rings. The minimum Gasteiger partial charge on any atom is -0.382 e. The van der Waals surface area contributed by atoms with Gasteiger partial charge in [-0.3, -0.25) is 4.79 Å². The first-order chi connectivity index (χ1) is 7.42. The van der Waals surface area contributed by atoms with Crippen molar-refractivity contribution in [3.8, 4) is 0 Å². The van der Waals surface area contributed by atoms with Crippen LogP contribution in [0.4, 0.5) is 11.4 Å². The molecule has 0 unspecified atom stereocenters. The molecule has 0 saturated carbocycles. The topological polar surface area (TPSA) is 32.3 Å². The number of hydrogen-bond donors (Lipinski definition) is 1. The van der Waals surface area contributed by atoms with Gasteiger partial charge in [0, 0.05) is 18.6 Å². The summed E-state index contributed by atoms with van der Waals surface area (Å²) in [6, 6.07) is 5.54. The molecule has 0 spiro atoms. The molecule has 1 aromatic carbocycles. The molecule has 0 saturated heterocycles. The quantitative estimate of drug-likeness (QED) is 0.754. The largest absolute Gasteiger partial charge is 0.382 e. The average molecular weight is 239 g/mol. The maximum absolute atomic E-state index is 12.2. The first-order valence-corrected chi connectivity index (χ1v) is 5.61. The van der Waals surface area contributed by atoms with Crippen LogP contribution in [0.5, 0.6) is 0 Å². The molecule has 86 valence electrons. The molecule has 4 heteroatoms. The van der Waals surface area contributed by atoms with Gasteiger partial charge in [0.1, 0.15) is 0 Å². The molecule has 1 aromatic rings. The summed E-state index contributed by atoms with van der Waals surface area (Å²) in [6.45, 7) is 4.50. The van der Waals surface area contributed by atoms with Gasteiger partial charge in [0.15, 0.2) is 0 Å². The summed E-state index contributed by atoms with van der Waals surface area (Å²) in [6.07, 6.45) is 0. The predicted molar refractivity (Wildman–Crippen MR) is 67.1 cm³/mol. The van der Waals surface area contributed by atoms with Crippen LogP contribution in [0.25, 0.3) is 0 Å². The number of fused-ring (bicyclic) bond motifs is 1. The van der Waals surface area contributed by atoms with E-state index in [1.165, 1.54) is 0 Å². The van der Waals surface area contributed by atoms with Gasteiger partial charge >= 0.3 is 0 Å². The standard InChI is InChI=1S/C12H15ClN2O/c1-12(2)7-14-9-5-4-8(13)6-10(9)15(3)11(12)16/h4-6,14H,7H2,1-3H3. The van der Waals surface area contributed by atoms with Gasteiger partial charge in [-0.1, -0.05) is 11.6 Å². The first kappa shape index (κ1) is 11.3. The highest BCUT2D eigenvalue weighted by atomic mass is 35.5. The zero-order valence-corrected chi connectivity index (χ0v) is 10.4. The van der Waals surface area contributed by atoms with E-state index >= 15 is 0 Å². The molecule has 1 heterocycles. The van der Waals surface area contributed by atoms with Crippen molar-refractivity contribution in [2.24, 2.45) is 5.41 Å². The summed E-state index contributed by atoms with van der Waals surface area (Å²) in [5, 5.41) is 3.92. The molecular formula is C12H15ClN2O. The summed E-state index contributed by atoms with van der Waals surface area (Å²) >= 11 is 5.95. The second-order valence-electron chi connectivity index (χ2n) is 4.76. The van der Waals surface area contributed by atoms with Crippen LogP contribution in [0.1, 0.15) is 13.8 Å². The monoisotopic (exact) mass is 238 g/mol. The van der Waals surface area contributed by atoms with Crippen molar-refractivity contribution in [1.29, 1.82) is 0 Å². The van der Waals surface area contributed by atoms with E-state index < -0.39 is 5.41 Å². The van der Waals surface area contributed by atoms with E-state index in [0.717, 1.165) is 11.4 Å². The van der Waals surface area contributed by atoms with Crippen molar-refractivity contribution >= 4 is 28.9 Å². The van der Waals surface area contributed by atoms with Crippen molar-refractivity contribution in [3.05, 3.63) is 23.2 Å². The van der Waals surface area contributed by atoms with Crippen LogP contribution in [0, 0.1) is 5.41 Å². The minimum atomic E-state index is -0.403. The van der Waals surface area contributed by atoms with Crippen LogP contribution in [-0.4, -0.2) is 19.5 Å². The number of anilines is 2. The highest BCUT2D eigenvalue weighted by Gasteiger charge is 2.34. The number of rotatable bonds is 0. The molecule has 1 aliphatic rings. The van der Waals surface area contributed by atoms with Gasteiger partial charge in [-0.25, -0.2) is 0 Å². The van der Waals surface area contributed by atoms with Crippen molar-refractivity contribution in [2.75, 3.05) is 23.8 Å². The van der Waals surface area contributed by atoms with E-state index in [9.17, 15) is 4.79 Å². The smallest absolute Gasteiger partial charge is 0.234 e. The van der Waals surface area contributed by atoms with Crippen LogP contribution in [0.3, 0.4) is 0 Å². The Labute approximate surface area is 100 Å². The summed E-state index contributed by atoms with van der Waals surface area (Å²) in [4.78, 5) is 13.9. The molecule has 0 radical (unpaired) electrons. The van der Waals surface area contributed by atoms with Crippen molar-refractivity contribution in [2.45, 2.75) is 13.8 Å². The SMILES string of the molecule is CN1C(=O)C(C)(C)CNc2ccc(Cl)cc21. The Morgan fingerprint density at radius 2 is 2.12 bits per heavy atom. The molecule has 16 heavy (non-hydrogen) atoms. The maximum Gasteiger partial charge on any atom is 0.234 e. The van der Waals surface area contributed by atoms with Crippen LogP contribution in [0.15, 0.2) is 18.2 Å². The van der Waals surface area contributed by atoms with Gasteiger partial charge in [0.2, 0.25) is 5.91 Å². The Morgan fingerprint density at radius 1 is 1.44 bits per heavy atom. The Morgan fingerprint density at radius 3 is 2.81 bits per heavy atom. The molecule has 2 rings (SSSR count). The minimum absolute atomic E-state index is 0.0982. The van der Waals surface area contributed by atoms with Crippen LogP contribution in [-0.2, 0) is 4.79 Å². The molecule has 1 aliphatic heterocycles. The molecule has 0 aliphatic carbocycles. The molecule has 3 nitrogen and oxygen atoms in total. The van der Waals surface area contributed by atoms with Crippen LogP contribution >= 0.6 is 11.6 Å². The lowest BCUT2D eigenvalue weighted by molar-refractivity contribution is -0.125. The van der Waals surface area contributed by atoms with Crippen LogP contribution < -0.4 is 10.2 Å². The molecule has 0 aromatic heterocycles. The average Bonchev–Trinajstić information content (AvgIpc) is 2.31. The zero-order valence-electron chi connectivity index (χ0n) is 9.67. The number of nitrogens with one attached hydrogen (secondary N) is 1. The number of hydrogen-bond acceptors (Lipinski definition) is 2. The number of carbonyl (C=O) groups is 1. The second-order valence-corrected chi connectivity index (χ2v) is 5.20. The summed E-state index contributed by atoms with van der Waals surface area (Å²) in [7, 11) is 1.78. The van der Waals surface area contributed by atoms with Gasteiger partial charge in [0.05, 0.1) is 16.8 Å². The van der Waals surface area contributed by atoms with Gasteiger partial charge in [0.25, 0.3) is 0 Å². The van der Waals surface area contributed by atoms with E-state index in [1.54, 1.807) is 11.9 Å². The Bertz CT molecular complexity index is 443. The summed E-state index contributed by atoms with van der Waals surface area (Å²) < 4.78 is 0. The maximum atomic E-state index is 12.2. The zero-order chi connectivity index (χ0) is 11.9. The van der Waals surface area contributed by atoms with Gasteiger partial charge in [-0.05, 0) is 32.0 Å².